The fourth-order valence-electron chi connectivity index (χ4n) is 2.03. The molecule has 2 aromatic rings. The van der Waals surface area contributed by atoms with Gasteiger partial charge < -0.3 is 5.32 Å². The van der Waals surface area contributed by atoms with Crippen molar-refractivity contribution >= 4 is 15.9 Å². The smallest absolute Gasteiger partial charge is 0.217 e. The number of halogens is 1. The summed E-state index contributed by atoms with van der Waals surface area (Å²) in [4.78, 5) is 4.06. The molecule has 0 spiro atoms. The minimum absolute atomic E-state index is 0.408. The summed E-state index contributed by atoms with van der Waals surface area (Å²) < 4.78 is 2.82. The monoisotopic (exact) mass is 316 g/mol. The van der Waals surface area contributed by atoms with Gasteiger partial charge in [0.05, 0.1) is 5.69 Å². The van der Waals surface area contributed by atoms with Crippen molar-refractivity contribution in [2.75, 3.05) is 0 Å². The van der Waals surface area contributed by atoms with E-state index in [1.807, 2.05) is 22.9 Å². The Balaban J connectivity index is 1.97. The van der Waals surface area contributed by atoms with Crippen LogP contribution in [0.3, 0.4) is 0 Å². The molecular formula is C14H13BrN4. The maximum absolute atomic E-state index is 9.10. The lowest BCUT2D eigenvalue weighted by atomic mass is 10.1. The Morgan fingerprint density at radius 3 is 3.05 bits per heavy atom. The Labute approximate surface area is 120 Å². The lowest BCUT2D eigenvalue weighted by Gasteiger charge is -2.12. The molecule has 96 valence electrons. The van der Waals surface area contributed by atoms with E-state index in [4.69, 9.17) is 5.26 Å². The maximum atomic E-state index is 9.10. The van der Waals surface area contributed by atoms with Gasteiger partial charge in [-0.15, -0.1) is 0 Å². The second kappa shape index (κ2) is 5.16. The van der Waals surface area contributed by atoms with Gasteiger partial charge in [0.1, 0.15) is 6.07 Å². The number of nitrogens with one attached hydrogen (secondary N) is 1. The highest BCUT2D eigenvalue weighted by Gasteiger charge is 2.20. The highest BCUT2D eigenvalue weighted by molar-refractivity contribution is 9.10. The van der Waals surface area contributed by atoms with E-state index in [0.29, 0.717) is 11.9 Å². The highest BCUT2D eigenvalue weighted by atomic mass is 79.9. The zero-order chi connectivity index (χ0) is 13.2. The molecule has 1 aliphatic rings. The van der Waals surface area contributed by atoms with Gasteiger partial charge in [0, 0.05) is 29.5 Å². The molecule has 0 unspecified atom stereocenters. The standard InChI is InChI=1S/C14H13BrN4/c15-11-2-1-10(9-18-12-3-4-12)13(7-11)19-6-5-17-14(19)8-16/h1-2,5-7,12,18H,3-4,9H2. The molecule has 1 aromatic carbocycles. The van der Waals surface area contributed by atoms with Crippen LogP contribution in [0.25, 0.3) is 5.69 Å². The minimum atomic E-state index is 0.408. The zero-order valence-corrected chi connectivity index (χ0v) is 11.9. The summed E-state index contributed by atoms with van der Waals surface area (Å²) in [6.07, 6.45) is 6.00. The Hall–Kier alpha value is -1.64. The van der Waals surface area contributed by atoms with Gasteiger partial charge in [0.15, 0.2) is 0 Å². The summed E-state index contributed by atoms with van der Waals surface area (Å²) in [5, 5.41) is 12.6. The van der Waals surface area contributed by atoms with Gasteiger partial charge in [-0.2, -0.15) is 5.26 Å². The number of benzene rings is 1. The third-order valence-corrected chi connectivity index (χ3v) is 3.70. The van der Waals surface area contributed by atoms with Crippen LogP contribution in [-0.2, 0) is 6.54 Å². The van der Waals surface area contributed by atoms with Gasteiger partial charge in [-0.1, -0.05) is 22.0 Å². The van der Waals surface area contributed by atoms with E-state index in [9.17, 15) is 0 Å². The van der Waals surface area contributed by atoms with Crippen LogP contribution in [-0.4, -0.2) is 15.6 Å². The molecule has 1 aromatic heterocycles. The summed E-state index contributed by atoms with van der Waals surface area (Å²) in [5.74, 6) is 0.408. The Morgan fingerprint density at radius 1 is 1.47 bits per heavy atom. The highest BCUT2D eigenvalue weighted by Crippen LogP contribution is 2.24. The summed E-state index contributed by atoms with van der Waals surface area (Å²) in [5.41, 5.74) is 2.17. The molecule has 0 bridgehead atoms. The van der Waals surface area contributed by atoms with E-state index in [-0.39, 0.29) is 0 Å². The van der Waals surface area contributed by atoms with Gasteiger partial charge in [0.2, 0.25) is 5.82 Å². The molecule has 3 rings (SSSR count). The second-order valence-electron chi connectivity index (χ2n) is 4.66. The minimum Gasteiger partial charge on any atom is -0.310 e. The van der Waals surface area contributed by atoms with Crippen LogP contribution in [0.2, 0.25) is 0 Å². The third kappa shape index (κ3) is 2.70. The number of nitriles is 1. The van der Waals surface area contributed by atoms with Crippen LogP contribution in [0, 0.1) is 11.3 Å². The predicted molar refractivity (Wildman–Crippen MR) is 75.8 cm³/mol. The largest absolute Gasteiger partial charge is 0.310 e. The number of rotatable bonds is 4. The van der Waals surface area contributed by atoms with Crippen LogP contribution >= 0.6 is 15.9 Å². The fraction of sp³-hybridized carbons (Fsp3) is 0.286. The number of nitrogens with zero attached hydrogens (tertiary/aromatic N) is 3. The molecule has 0 atom stereocenters. The third-order valence-electron chi connectivity index (χ3n) is 3.21. The average Bonchev–Trinajstić information content (AvgIpc) is 3.12. The first kappa shape index (κ1) is 12.4. The molecule has 5 heteroatoms. The molecule has 1 saturated carbocycles. The van der Waals surface area contributed by atoms with Crippen molar-refractivity contribution in [3.8, 4) is 11.8 Å². The molecule has 4 nitrogen and oxygen atoms in total. The van der Waals surface area contributed by atoms with Gasteiger partial charge in [-0.25, -0.2) is 4.98 Å². The first-order valence-corrected chi connectivity index (χ1v) is 7.03. The molecule has 0 saturated heterocycles. The van der Waals surface area contributed by atoms with Crippen LogP contribution in [0.5, 0.6) is 0 Å². The molecule has 0 amide bonds. The molecule has 19 heavy (non-hydrogen) atoms. The quantitative estimate of drug-likeness (QED) is 0.943. The lowest BCUT2D eigenvalue weighted by molar-refractivity contribution is 0.684. The topological polar surface area (TPSA) is 53.6 Å². The van der Waals surface area contributed by atoms with Crippen molar-refractivity contribution in [1.82, 2.24) is 14.9 Å². The SMILES string of the molecule is N#Cc1nccn1-c1cc(Br)ccc1CNC1CC1. The van der Waals surface area contributed by atoms with Gasteiger partial charge in [-0.05, 0) is 30.5 Å². The Bertz CT molecular complexity index is 637. The zero-order valence-electron chi connectivity index (χ0n) is 10.3. The molecular weight excluding hydrogens is 304 g/mol. The molecule has 0 aliphatic heterocycles. The second-order valence-corrected chi connectivity index (χ2v) is 5.58. The normalized spacial score (nSPS) is 14.3. The van der Waals surface area contributed by atoms with Crippen molar-refractivity contribution in [1.29, 1.82) is 5.26 Å². The lowest BCUT2D eigenvalue weighted by Crippen LogP contribution is -2.17. The molecule has 0 radical (unpaired) electrons. The van der Waals surface area contributed by atoms with Crippen LogP contribution in [0.4, 0.5) is 0 Å². The Kier molecular flexibility index (Phi) is 3.36. The number of imidazole rings is 1. The first-order chi connectivity index (χ1) is 9.28. The summed E-state index contributed by atoms with van der Waals surface area (Å²) in [6.45, 7) is 0.816. The van der Waals surface area contributed by atoms with Crippen LogP contribution < -0.4 is 5.32 Å². The number of aromatic nitrogens is 2. The van der Waals surface area contributed by atoms with Crippen molar-refractivity contribution < 1.29 is 0 Å². The van der Waals surface area contributed by atoms with E-state index >= 15 is 0 Å². The van der Waals surface area contributed by atoms with E-state index in [1.165, 1.54) is 18.4 Å². The predicted octanol–water partition coefficient (Wildman–Crippen LogP) is 2.76. The maximum Gasteiger partial charge on any atom is 0.217 e. The van der Waals surface area contributed by atoms with Crippen LogP contribution in [0.15, 0.2) is 35.1 Å². The van der Waals surface area contributed by atoms with Crippen molar-refractivity contribution in [2.24, 2.45) is 0 Å². The summed E-state index contributed by atoms with van der Waals surface area (Å²) in [7, 11) is 0. The van der Waals surface area contributed by atoms with E-state index in [0.717, 1.165) is 16.7 Å². The fourth-order valence-corrected chi connectivity index (χ4v) is 2.38. The molecule has 1 fully saturated rings. The van der Waals surface area contributed by atoms with Gasteiger partial charge in [0.25, 0.3) is 0 Å². The van der Waals surface area contributed by atoms with E-state index < -0.39 is 0 Å². The van der Waals surface area contributed by atoms with Gasteiger partial charge in [-0.3, -0.25) is 4.57 Å². The summed E-state index contributed by atoms with van der Waals surface area (Å²) >= 11 is 3.48. The van der Waals surface area contributed by atoms with Gasteiger partial charge >= 0.3 is 0 Å². The molecule has 1 aliphatic carbocycles. The Morgan fingerprint density at radius 2 is 2.32 bits per heavy atom. The van der Waals surface area contributed by atoms with E-state index in [1.54, 1.807) is 6.20 Å². The van der Waals surface area contributed by atoms with Crippen molar-refractivity contribution in [2.45, 2.75) is 25.4 Å². The average molecular weight is 317 g/mol. The molecule has 1 N–H and O–H groups in total. The molecule has 1 heterocycles. The summed E-state index contributed by atoms with van der Waals surface area (Å²) in [6, 6.07) is 8.90. The first-order valence-electron chi connectivity index (χ1n) is 6.23. The van der Waals surface area contributed by atoms with Crippen molar-refractivity contribution in [3.63, 3.8) is 0 Å². The van der Waals surface area contributed by atoms with E-state index in [2.05, 4.69) is 38.4 Å². The van der Waals surface area contributed by atoms with Crippen LogP contribution in [0.1, 0.15) is 24.2 Å². The van der Waals surface area contributed by atoms with Crippen molar-refractivity contribution in [3.05, 3.63) is 46.5 Å². The number of hydrogen-bond donors (Lipinski definition) is 1. The number of hydrogen-bond acceptors (Lipinski definition) is 3.